The lowest BCUT2D eigenvalue weighted by Gasteiger charge is -2.61. The fourth-order valence-corrected chi connectivity index (χ4v) is 9.92. The summed E-state index contributed by atoms with van der Waals surface area (Å²) in [6.45, 7) is 9.63. The Balaban J connectivity index is 1.24. The zero-order valence-corrected chi connectivity index (χ0v) is 22.7. The maximum Gasteiger partial charge on any atom is 0.158 e. The van der Waals surface area contributed by atoms with Crippen molar-refractivity contribution in [1.29, 1.82) is 0 Å². The van der Waals surface area contributed by atoms with Gasteiger partial charge in [0.05, 0.1) is 18.2 Å². The van der Waals surface area contributed by atoms with E-state index in [-0.39, 0.29) is 11.3 Å². The van der Waals surface area contributed by atoms with Crippen molar-refractivity contribution in [2.45, 2.75) is 91.2 Å². The van der Waals surface area contributed by atoms with Gasteiger partial charge in [0.15, 0.2) is 5.78 Å². The van der Waals surface area contributed by atoms with Crippen LogP contribution in [0.15, 0.2) is 18.2 Å². The number of carbonyl (C=O) groups excluding carboxylic acids is 1. The minimum Gasteiger partial charge on any atom is -0.497 e. The van der Waals surface area contributed by atoms with E-state index in [1.54, 1.807) is 11.8 Å². The van der Waals surface area contributed by atoms with Crippen LogP contribution in [0.25, 0.3) is 11.0 Å². The smallest absolute Gasteiger partial charge is 0.158 e. The summed E-state index contributed by atoms with van der Waals surface area (Å²) in [4.78, 5) is 13.9. The van der Waals surface area contributed by atoms with Crippen LogP contribution in [0.4, 0.5) is 0 Å². The van der Waals surface area contributed by atoms with Crippen LogP contribution < -0.4 is 4.74 Å². The highest BCUT2D eigenvalue weighted by atomic mass is 16.5. The van der Waals surface area contributed by atoms with E-state index in [9.17, 15) is 9.90 Å². The molecular weight excluding hydrogens is 450 g/mol. The van der Waals surface area contributed by atoms with Crippen LogP contribution in [-0.4, -0.2) is 38.6 Å². The number of ether oxygens (including phenoxy) is 1. The lowest BCUT2D eigenvalue weighted by molar-refractivity contribution is -0.151. The van der Waals surface area contributed by atoms with Crippen molar-refractivity contribution in [3.8, 4) is 5.75 Å². The number of hydrogen-bond donors (Lipinski definition) is 1. The first-order chi connectivity index (χ1) is 17.1. The first kappa shape index (κ1) is 24.4. The third-order valence-electron chi connectivity index (χ3n) is 11.7. The molecule has 6 heteroatoms. The molecule has 9 atom stereocenters. The number of methoxy groups -OCH3 is 1. The normalized spacial score (nSPS) is 44.1. The second-order valence-electron chi connectivity index (χ2n) is 13.7. The summed E-state index contributed by atoms with van der Waals surface area (Å²) in [5.74, 6) is 4.27. The van der Waals surface area contributed by atoms with Crippen molar-refractivity contribution >= 4 is 16.8 Å². The molecule has 36 heavy (non-hydrogen) atoms. The molecule has 4 saturated carbocycles. The summed E-state index contributed by atoms with van der Waals surface area (Å²) in [6.07, 6.45) is 9.10. The molecule has 0 amide bonds. The van der Waals surface area contributed by atoms with Gasteiger partial charge < -0.3 is 9.84 Å². The summed E-state index contributed by atoms with van der Waals surface area (Å²) in [5.41, 5.74) is 1.58. The molecule has 1 aromatic carbocycles. The maximum absolute atomic E-state index is 13.9. The largest absolute Gasteiger partial charge is 0.497 e. The average molecular weight is 494 g/mol. The van der Waals surface area contributed by atoms with Crippen molar-refractivity contribution in [3.63, 3.8) is 0 Å². The predicted molar refractivity (Wildman–Crippen MR) is 139 cm³/mol. The fourth-order valence-electron chi connectivity index (χ4n) is 9.92. The van der Waals surface area contributed by atoms with Crippen LogP contribution in [0, 0.1) is 46.3 Å². The third-order valence-corrected chi connectivity index (χ3v) is 11.7. The molecule has 2 aromatic rings. The molecule has 1 aromatic heterocycles. The fraction of sp³-hybridized carbons (Fsp3) is 0.767. The Labute approximate surface area is 215 Å². The highest BCUT2D eigenvalue weighted by molar-refractivity contribution is 5.84. The SMILES string of the molecule is COc1ccc2c(c1)nnn2CC(=O)C1[C@H](C)C[C@H]2[C@@H]3CC[C@H]4C[C@](C)(O)CC[C@]4(C)[C@H]3CC[C@]12C. The van der Waals surface area contributed by atoms with Crippen molar-refractivity contribution < 1.29 is 14.6 Å². The van der Waals surface area contributed by atoms with E-state index in [2.05, 4.69) is 31.1 Å². The topological polar surface area (TPSA) is 77.2 Å². The van der Waals surface area contributed by atoms with Gasteiger partial charge in [0.25, 0.3) is 0 Å². The number of Topliss-reactive ketones (excluding diaryl/α,β-unsaturated/α-hetero) is 1. The first-order valence-electron chi connectivity index (χ1n) is 14.2. The van der Waals surface area contributed by atoms with Crippen molar-refractivity contribution in [2.75, 3.05) is 7.11 Å². The van der Waals surface area contributed by atoms with Gasteiger partial charge in [-0.25, -0.2) is 4.68 Å². The Kier molecular flexibility index (Phi) is 5.61. The molecule has 6 rings (SSSR count). The van der Waals surface area contributed by atoms with E-state index >= 15 is 0 Å². The van der Waals surface area contributed by atoms with Crippen LogP contribution >= 0.6 is 0 Å². The number of aromatic nitrogens is 3. The van der Waals surface area contributed by atoms with Gasteiger partial charge in [0.2, 0.25) is 0 Å². The molecule has 0 bridgehead atoms. The summed E-state index contributed by atoms with van der Waals surface area (Å²) in [6, 6.07) is 5.74. The highest BCUT2D eigenvalue weighted by Gasteiger charge is 2.63. The third kappa shape index (κ3) is 3.57. The van der Waals surface area contributed by atoms with Gasteiger partial charge in [-0.3, -0.25) is 4.79 Å². The number of benzene rings is 1. The van der Waals surface area contributed by atoms with Gasteiger partial charge in [-0.2, -0.15) is 0 Å². The lowest BCUT2D eigenvalue weighted by Crippen LogP contribution is -2.55. The lowest BCUT2D eigenvalue weighted by atomic mass is 9.44. The second-order valence-corrected chi connectivity index (χ2v) is 13.7. The van der Waals surface area contributed by atoms with Gasteiger partial charge >= 0.3 is 0 Å². The van der Waals surface area contributed by atoms with E-state index in [0.717, 1.165) is 48.4 Å². The Morgan fingerprint density at radius 1 is 1.11 bits per heavy atom. The predicted octanol–water partition coefficient (Wildman–Crippen LogP) is 5.66. The molecule has 4 aliphatic rings. The van der Waals surface area contributed by atoms with Gasteiger partial charge in [0, 0.05) is 12.0 Å². The molecule has 0 saturated heterocycles. The van der Waals surface area contributed by atoms with Crippen LogP contribution in [0.3, 0.4) is 0 Å². The molecule has 196 valence electrons. The van der Waals surface area contributed by atoms with E-state index in [4.69, 9.17) is 4.74 Å². The molecule has 6 nitrogen and oxygen atoms in total. The summed E-state index contributed by atoms with van der Waals surface area (Å²) in [5, 5.41) is 19.4. The minimum atomic E-state index is -0.490. The second kappa shape index (κ2) is 8.28. The molecule has 1 heterocycles. The zero-order valence-electron chi connectivity index (χ0n) is 22.7. The number of fused-ring (bicyclic) bond motifs is 6. The Hall–Kier alpha value is -1.95. The van der Waals surface area contributed by atoms with Gasteiger partial charge in [-0.05, 0) is 111 Å². The molecule has 0 aliphatic heterocycles. The van der Waals surface area contributed by atoms with E-state index in [0.29, 0.717) is 41.4 Å². The molecule has 0 spiro atoms. The Bertz CT molecular complexity index is 1170. The quantitative estimate of drug-likeness (QED) is 0.594. The summed E-state index contributed by atoms with van der Waals surface area (Å²) in [7, 11) is 1.65. The number of hydrogen-bond acceptors (Lipinski definition) is 5. The number of ketones is 1. The summed E-state index contributed by atoms with van der Waals surface area (Å²) < 4.78 is 7.10. The van der Waals surface area contributed by atoms with Crippen molar-refractivity contribution in [3.05, 3.63) is 18.2 Å². The molecule has 0 radical (unpaired) electrons. The van der Waals surface area contributed by atoms with E-state index in [1.807, 2.05) is 25.1 Å². The van der Waals surface area contributed by atoms with Crippen LogP contribution in [0.5, 0.6) is 5.75 Å². The highest BCUT2D eigenvalue weighted by Crippen LogP contribution is 2.69. The number of nitrogens with zero attached hydrogens (tertiary/aromatic N) is 3. The van der Waals surface area contributed by atoms with Gasteiger partial charge in [-0.1, -0.05) is 26.0 Å². The zero-order chi connectivity index (χ0) is 25.5. The molecule has 4 aliphatic carbocycles. The first-order valence-corrected chi connectivity index (χ1v) is 14.2. The van der Waals surface area contributed by atoms with E-state index in [1.165, 1.54) is 25.7 Å². The van der Waals surface area contributed by atoms with Crippen LogP contribution in [0.2, 0.25) is 0 Å². The van der Waals surface area contributed by atoms with Crippen molar-refractivity contribution in [1.82, 2.24) is 15.0 Å². The van der Waals surface area contributed by atoms with Crippen LogP contribution in [0.1, 0.15) is 79.1 Å². The maximum atomic E-state index is 13.9. The molecule has 4 fully saturated rings. The number of rotatable bonds is 4. The monoisotopic (exact) mass is 493 g/mol. The number of aliphatic hydroxyl groups is 1. The Morgan fingerprint density at radius 3 is 2.69 bits per heavy atom. The minimum absolute atomic E-state index is 0.0701. The molecular formula is C30H43N3O3. The molecule has 1 unspecified atom stereocenters. The molecule has 1 N–H and O–H groups in total. The standard InChI is InChI=1S/C30H43N3O3/c1-18-14-23-21-8-6-19-16-28(2,35)12-13-29(19,3)22(21)10-11-30(23,4)27(18)26(34)17-33-25-9-7-20(36-5)15-24(25)31-32-33/h7,9,15,18-19,21-23,27,35H,6,8,10-14,16-17H2,1-5H3/t18-,19+,21-,22+,23+,27?,28-,29+,30+/m1/s1. The van der Waals surface area contributed by atoms with Crippen LogP contribution in [-0.2, 0) is 11.3 Å². The van der Waals surface area contributed by atoms with Gasteiger partial charge in [-0.15, -0.1) is 5.10 Å². The average Bonchev–Trinajstić information content (AvgIpc) is 3.35. The Morgan fingerprint density at radius 2 is 1.92 bits per heavy atom. The van der Waals surface area contributed by atoms with Crippen molar-refractivity contribution in [2.24, 2.45) is 46.3 Å². The van der Waals surface area contributed by atoms with E-state index < -0.39 is 5.60 Å². The number of carbonyl (C=O) groups is 1. The van der Waals surface area contributed by atoms with Gasteiger partial charge in [0.1, 0.15) is 17.8 Å². The summed E-state index contributed by atoms with van der Waals surface area (Å²) >= 11 is 0.